The number of phenols is 1. The summed E-state index contributed by atoms with van der Waals surface area (Å²) in [4.78, 5) is 11.6. The molecule has 8 heteroatoms. The molecule has 0 radical (unpaired) electrons. The van der Waals surface area contributed by atoms with Crippen molar-refractivity contribution in [3.63, 3.8) is 0 Å². The molecule has 0 saturated carbocycles. The van der Waals surface area contributed by atoms with Crippen molar-refractivity contribution in [1.29, 1.82) is 0 Å². The van der Waals surface area contributed by atoms with Crippen molar-refractivity contribution in [2.24, 2.45) is 5.10 Å². The third kappa shape index (κ3) is 5.32. The minimum atomic E-state index is -0.470. The summed E-state index contributed by atoms with van der Waals surface area (Å²) in [5, 5.41) is 13.7. The molecule has 0 aliphatic rings. The van der Waals surface area contributed by atoms with E-state index in [0.29, 0.717) is 5.02 Å². The number of ether oxygens (including phenoxy) is 1. The number of nitrogens with zero attached hydrogens (tertiary/aromatic N) is 1. The lowest BCUT2D eigenvalue weighted by Crippen LogP contribution is -2.24. The maximum atomic E-state index is 11.6. The number of phenolic OH excluding ortho intramolecular Hbond substituents is 1. The number of benzene rings is 2. The second-order valence-corrected chi connectivity index (χ2v) is 5.59. The second kappa shape index (κ2) is 8.06. The lowest BCUT2D eigenvalue weighted by atomic mass is 10.2. The van der Waals surface area contributed by atoms with Crippen molar-refractivity contribution in [1.82, 2.24) is 5.43 Å². The van der Waals surface area contributed by atoms with Gasteiger partial charge in [0.2, 0.25) is 0 Å². The van der Waals surface area contributed by atoms with Crippen LogP contribution in [0.15, 0.2) is 41.5 Å². The highest BCUT2D eigenvalue weighted by molar-refractivity contribution is 6.43. The summed E-state index contributed by atoms with van der Waals surface area (Å²) in [6, 6.07) is 9.19. The molecule has 2 rings (SSSR count). The van der Waals surface area contributed by atoms with Gasteiger partial charge in [-0.05, 0) is 35.9 Å². The van der Waals surface area contributed by atoms with Crippen LogP contribution in [0.2, 0.25) is 15.1 Å². The Morgan fingerprint density at radius 2 is 1.78 bits per heavy atom. The molecule has 0 bridgehead atoms. The molecule has 120 valence electrons. The smallest absolute Gasteiger partial charge is 0.277 e. The number of rotatable bonds is 5. The summed E-state index contributed by atoms with van der Waals surface area (Å²) >= 11 is 17.6. The van der Waals surface area contributed by atoms with Crippen molar-refractivity contribution >= 4 is 46.9 Å². The van der Waals surface area contributed by atoms with Crippen molar-refractivity contribution < 1.29 is 14.6 Å². The fourth-order valence-electron chi connectivity index (χ4n) is 1.53. The zero-order chi connectivity index (χ0) is 16.8. The number of hydrazone groups is 1. The summed E-state index contributed by atoms with van der Waals surface area (Å²) < 4.78 is 5.26. The average Bonchev–Trinajstić information content (AvgIpc) is 2.51. The van der Waals surface area contributed by atoms with Gasteiger partial charge in [-0.3, -0.25) is 4.79 Å². The zero-order valence-corrected chi connectivity index (χ0v) is 13.9. The Bertz CT molecular complexity index is 733. The number of carbonyl (C=O) groups excluding carboxylic acids is 1. The van der Waals surface area contributed by atoms with Gasteiger partial charge in [0.25, 0.3) is 5.91 Å². The number of hydrogen-bond donors (Lipinski definition) is 2. The van der Waals surface area contributed by atoms with Crippen molar-refractivity contribution in [3.05, 3.63) is 57.0 Å². The van der Waals surface area contributed by atoms with Gasteiger partial charge in [0.1, 0.15) is 11.5 Å². The Hall–Kier alpha value is -1.95. The number of aromatic hydroxyl groups is 1. The highest BCUT2D eigenvalue weighted by Crippen LogP contribution is 2.33. The quantitative estimate of drug-likeness (QED) is 0.474. The van der Waals surface area contributed by atoms with E-state index < -0.39 is 5.91 Å². The Balaban J connectivity index is 1.86. The van der Waals surface area contributed by atoms with E-state index >= 15 is 0 Å². The Kier molecular flexibility index (Phi) is 6.10. The number of carbonyl (C=O) groups is 1. The monoisotopic (exact) mass is 372 g/mol. The van der Waals surface area contributed by atoms with Crippen LogP contribution in [0.3, 0.4) is 0 Å². The molecule has 0 fully saturated rings. The SMILES string of the molecule is O=C(COc1cc(Cl)c(Cl)cc1Cl)N/N=C/c1ccc(O)cc1. The maximum absolute atomic E-state index is 11.6. The average molecular weight is 374 g/mol. The normalized spacial score (nSPS) is 10.7. The summed E-state index contributed by atoms with van der Waals surface area (Å²) in [7, 11) is 0. The number of hydrogen-bond acceptors (Lipinski definition) is 4. The minimum absolute atomic E-state index is 0.151. The fourth-order valence-corrected chi connectivity index (χ4v) is 2.12. The predicted molar refractivity (Wildman–Crippen MR) is 90.8 cm³/mol. The van der Waals surface area contributed by atoms with Crippen LogP contribution < -0.4 is 10.2 Å². The van der Waals surface area contributed by atoms with E-state index in [-0.39, 0.29) is 28.2 Å². The van der Waals surface area contributed by atoms with Crippen LogP contribution in [-0.2, 0) is 4.79 Å². The molecule has 2 N–H and O–H groups in total. The van der Waals surface area contributed by atoms with Gasteiger partial charge < -0.3 is 9.84 Å². The Labute approximate surface area is 147 Å². The Morgan fingerprint density at radius 1 is 1.13 bits per heavy atom. The highest BCUT2D eigenvalue weighted by Gasteiger charge is 2.09. The second-order valence-electron chi connectivity index (χ2n) is 4.37. The molecule has 0 saturated heterocycles. The molecule has 5 nitrogen and oxygen atoms in total. The largest absolute Gasteiger partial charge is 0.508 e. The molecule has 0 unspecified atom stereocenters. The van der Waals surface area contributed by atoms with Gasteiger partial charge in [-0.25, -0.2) is 5.43 Å². The van der Waals surface area contributed by atoms with E-state index in [2.05, 4.69) is 10.5 Å². The first-order valence-corrected chi connectivity index (χ1v) is 7.47. The lowest BCUT2D eigenvalue weighted by Gasteiger charge is -2.08. The predicted octanol–water partition coefficient (Wildman–Crippen LogP) is 3.88. The van der Waals surface area contributed by atoms with Gasteiger partial charge in [0.05, 0.1) is 21.3 Å². The first kappa shape index (κ1) is 17.4. The van der Waals surface area contributed by atoms with E-state index in [1.165, 1.54) is 30.5 Å². The number of halogens is 3. The van der Waals surface area contributed by atoms with Crippen LogP contribution in [0.25, 0.3) is 0 Å². The van der Waals surface area contributed by atoms with E-state index in [1.54, 1.807) is 12.1 Å². The number of nitrogens with one attached hydrogen (secondary N) is 1. The van der Waals surface area contributed by atoms with E-state index in [9.17, 15) is 4.79 Å². The molecule has 0 spiro atoms. The van der Waals surface area contributed by atoms with E-state index in [0.717, 1.165) is 5.56 Å². The van der Waals surface area contributed by atoms with Gasteiger partial charge in [0.15, 0.2) is 6.61 Å². The summed E-state index contributed by atoms with van der Waals surface area (Å²) in [5.41, 5.74) is 3.02. The fraction of sp³-hybridized carbons (Fsp3) is 0.0667. The van der Waals surface area contributed by atoms with Crippen LogP contribution >= 0.6 is 34.8 Å². The molecular formula is C15H11Cl3N2O3. The summed E-state index contributed by atoms with van der Waals surface area (Å²) in [6.07, 6.45) is 1.43. The van der Waals surface area contributed by atoms with Crippen molar-refractivity contribution in [2.45, 2.75) is 0 Å². The van der Waals surface area contributed by atoms with Crippen LogP contribution in [0.4, 0.5) is 0 Å². The third-order valence-corrected chi connectivity index (χ3v) is 3.65. The molecule has 0 aliphatic carbocycles. The van der Waals surface area contributed by atoms with Crippen LogP contribution in [0.1, 0.15) is 5.56 Å². The van der Waals surface area contributed by atoms with E-state index in [4.69, 9.17) is 44.6 Å². The van der Waals surface area contributed by atoms with Crippen molar-refractivity contribution in [3.8, 4) is 11.5 Å². The van der Waals surface area contributed by atoms with E-state index in [1.807, 2.05) is 0 Å². The topological polar surface area (TPSA) is 70.9 Å². The summed E-state index contributed by atoms with van der Waals surface area (Å²) in [5.74, 6) is -0.0704. The third-order valence-electron chi connectivity index (χ3n) is 2.63. The molecule has 0 atom stereocenters. The molecular weight excluding hydrogens is 363 g/mol. The Morgan fingerprint density at radius 3 is 2.48 bits per heavy atom. The zero-order valence-electron chi connectivity index (χ0n) is 11.6. The summed E-state index contributed by atoms with van der Waals surface area (Å²) in [6.45, 7) is -0.287. The standard InChI is InChI=1S/C15H11Cl3N2O3/c16-11-5-13(18)14(6-12(11)17)23-8-15(22)20-19-7-9-1-3-10(21)4-2-9/h1-7,21H,8H2,(H,20,22)/b19-7+. The molecule has 0 heterocycles. The van der Waals surface area contributed by atoms with Crippen LogP contribution in [-0.4, -0.2) is 23.8 Å². The maximum Gasteiger partial charge on any atom is 0.277 e. The van der Waals surface area contributed by atoms with Crippen LogP contribution in [0.5, 0.6) is 11.5 Å². The van der Waals surface area contributed by atoms with Crippen molar-refractivity contribution in [2.75, 3.05) is 6.61 Å². The van der Waals surface area contributed by atoms with Gasteiger partial charge in [-0.15, -0.1) is 0 Å². The van der Waals surface area contributed by atoms with Gasteiger partial charge in [0, 0.05) is 6.07 Å². The molecule has 2 aromatic rings. The lowest BCUT2D eigenvalue weighted by molar-refractivity contribution is -0.123. The van der Waals surface area contributed by atoms with Crippen LogP contribution in [0, 0.1) is 0 Å². The molecule has 2 aromatic carbocycles. The minimum Gasteiger partial charge on any atom is -0.508 e. The molecule has 1 amide bonds. The number of amides is 1. The highest BCUT2D eigenvalue weighted by atomic mass is 35.5. The first-order valence-electron chi connectivity index (χ1n) is 6.34. The van der Waals surface area contributed by atoms with Gasteiger partial charge in [-0.1, -0.05) is 34.8 Å². The molecule has 0 aliphatic heterocycles. The van der Waals surface area contributed by atoms with Gasteiger partial charge >= 0.3 is 0 Å². The molecule has 0 aromatic heterocycles. The van der Waals surface area contributed by atoms with Gasteiger partial charge in [-0.2, -0.15) is 5.10 Å². The molecule has 23 heavy (non-hydrogen) atoms. The first-order chi connectivity index (χ1) is 11.0.